The fourth-order valence-corrected chi connectivity index (χ4v) is 2.15. The summed E-state index contributed by atoms with van der Waals surface area (Å²) in [4.78, 5) is 31.0. The molecular formula is C8H10O8P2. The molecule has 8 nitrogen and oxygen atoms in total. The Morgan fingerprint density at radius 2 is 1.50 bits per heavy atom. The third-order valence-electron chi connectivity index (χ3n) is 1.57. The van der Waals surface area contributed by atoms with Gasteiger partial charge in [-0.15, -0.1) is 0 Å². The number of benzene rings is 1. The maximum absolute atomic E-state index is 9.63. The normalized spacial score (nSPS) is 12.0. The summed E-state index contributed by atoms with van der Waals surface area (Å²) < 4.78 is 27.3. The van der Waals surface area contributed by atoms with E-state index in [-0.39, 0.29) is 0 Å². The first-order chi connectivity index (χ1) is 8.17. The lowest BCUT2D eigenvalue weighted by atomic mass is 10.3. The van der Waals surface area contributed by atoms with Gasteiger partial charge in [0, 0.05) is 5.39 Å². The van der Waals surface area contributed by atoms with Gasteiger partial charge in [0.15, 0.2) is 0 Å². The van der Waals surface area contributed by atoms with E-state index in [9.17, 15) is 9.13 Å². The van der Waals surface area contributed by atoms with Crippen LogP contribution in [0, 0.1) is 0 Å². The molecule has 2 rings (SSSR count). The second-order valence-electron chi connectivity index (χ2n) is 3.02. The average molecular weight is 296 g/mol. The Hall–Kier alpha value is -0.980. The lowest BCUT2D eigenvalue weighted by molar-refractivity contribution is 0.225. The van der Waals surface area contributed by atoms with Crippen LogP contribution in [-0.2, 0) is 13.4 Å². The van der Waals surface area contributed by atoms with E-state index in [0.717, 1.165) is 11.0 Å². The number of hydrogen-bond donors (Lipinski definition) is 4. The van der Waals surface area contributed by atoms with Crippen LogP contribution >= 0.6 is 15.6 Å². The first kappa shape index (κ1) is 15.1. The molecule has 10 heteroatoms. The van der Waals surface area contributed by atoms with Gasteiger partial charge in [0.05, 0.1) is 6.26 Å². The molecule has 0 spiro atoms. The van der Waals surface area contributed by atoms with Gasteiger partial charge in [0.25, 0.3) is 0 Å². The van der Waals surface area contributed by atoms with Crippen LogP contribution in [0.25, 0.3) is 11.0 Å². The van der Waals surface area contributed by atoms with Crippen LogP contribution in [0.3, 0.4) is 0 Å². The number of furan rings is 1. The summed E-state index contributed by atoms with van der Waals surface area (Å²) in [6.07, 6.45) is 1.70. The van der Waals surface area contributed by atoms with Crippen molar-refractivity contribution < 1.29 is 37.4 Å². The van der Waals surface area contributed by atoms with Crippen LogP contribution in [0.1, 0.15) is 0 Å². The van der Waals surface area contributed by atoms with Crippen molar-refractivity contribution in [2.45, 2.75) is 0 Å². The topological polar surface area (TPSA) is 137 Å². The fraction of sp³-hybridized carbons (Fsp3) is 0. The van der Waals surface area contributed by atoms with Crippen LogP contribution in [0.15, 0.2) is 41.0 Å². The molecule has 0 atom stereocenters. The molecule has 0 bridgehead atoms. The van der Waals surface area contributed by atoms with Crippen LogP contribution in [0.2, 0.25) is 0 Å². The lowest BCUT2D eigenvalue weighted by Crippen LogP contribution is -1.84. The highest BCUT2D eigenvalue weighted by Gasteiger charge is 2.27. The molecule has 0 saturated carbocycles. The molecule has 18 heavy (non-hydrogen) atoms. The molecule has 1 heterocycles. The Morgan fingerprint density at radius 3 is 1.94 bits per heavy atom. The zero-order valence-corrected chi connectivity index (χ0v) is 10.6. The standard InChI is InChI=1S/C8H6O.H4O7P2/c1-2-4-8-7(3-1)5-6-9-8;1-8(2,3)7-9(4,5)6/h1-6H;(H2,1,2,3)(H2,4,5,6). The number of rotatable bonds is 2. The van der Waals surface area contributed by atoms with Crippen LogP contribution in [-0.4, -0.2) is 19.6 Å². The summed E-state index contributed by atoms with van der Waals surface area (Å²) >= 11 is 0. The minimum absolute atomic E-state index is 0.956. The third-order valence-corrected chi connectivity index (χ3v) is 3.28. The minimum atomic E-state index is -5.05. The van der Waals surface area contributed by atoms with Gasteiger partial charge >= 0.3 is 15.6 Å². The first-order valence-corrected chi connectivity index (χ1v) is 7.48. The largest absolute Gasteiger partial charge is 0.478 e. The fourth-order valence-electron chi connectivity index (χ4n) is 1.04. The van der Waals surface area contributed by atoms with Crippen molar-refractivity contribution in [2.75, 3.05) is 0 Å². The molecule has 100 valence electrons. The Bertz CT molecular complexity index is 544. The van der Waals surface area contributed by atoms with Gasteiger partial charge in [-0.1, -0.05) is 18.2 Å². The van der Waals surface area contributed by atoms with Crippen molar-refractivity contribution in [1.82, 2.24) is 0 Å². The summed E-state index contributed by atoms with van der Waals surface area (Å²) in [5, 5.41) is 1.16. The van der Waals surface area contributed by atoms with E-state index in [2.05, 4.69) is 4.31 Å². The molecule has 0 amide bonds. The number of phosphoric acid groups is 2. The SMILES string of the molecule is O=P(O)(O)OP(=O)(O)O.c1ccc2occc2c1. The molecule has 0 aliphatic rings. The first-order valence-electron chi connectivity index (χ1n) is 4.42. The van der Waals surface area contributed by atoms with Gasteiger partial charge < -0.3 is 24.0 Å². The van der Waals surface area contributed by atoms with Crippen LogP contribution < -0.4 is 0 Å². The highest BCUT2D eigenvalue weighted by atomic mass is 31.3. The van der Waals surface area contributed by atoms with Crippen molar-refractivity contribution in [3.8, 4) is 0 Å². The zero-order chi connectivity index (χ0) is 13.8. The van der Waals surface area contributed by atoms with E-state index in [1.165, 1.54) is 0 Å². The Kier molecular flexibility index (Phi) is 4.84. The second kappa shape index (κ2) is 5.77. The van der Waals surface area contributed by atoms with Gasteiger partial charge in [-0.2, -0.15) is 4.31 Å². The summed E-state index contributed by atoms with van der Waals surface area (Å²) in [7, 11) is -10.1. The van der Waals surface area contributed by atoms with Crippen LogP contribution in [0.5, 0.6) is 0 Å². The molecule has 2 aromatic rings. The predicted octanol–water partition coefficient (Wildman–Crippen LogP) is 1.62. The quantitative estimate of drug-likeness (QED) is 0.613. The highest BCUT2D eigenvalue weighted by Crippen LogP contribution is 2.53. The van der Waals surface area contributed by atoms with Crippen molar-refractivity contribution in [3.63, 3.8) is 0 Å². The summed E-state index contributed by atoms with van der Waals surface area (Å²) in [6.45, 7) is 0. The molecule has 0 unspecified atom stereocenters. The Morgan fingerprint density at radius 1 is 0.944 bits per heavy atom. The van der Waals surface area contributed by atoms with Gasteiger partial charge in [-0.3, -0.25) is 0 Å². The number of hydrogen-bond acceptors (Lipinski definition) is 4. The molecule has 0 radical (unpaired) electrons. The van der Waals surface area contributed by atoms with E-state index >= 15 is 0 Å². The number of fused-ring (bicyclic) bond motifs is 1. The lowest BCUT2D eigenvalue weighted by Gasteiger charge is -2.03. The zero-order valence-electron chi connectivity index (χ0n) is 8.78. The molecule has 4 N–H and O–H groups in total. The van der Waals surface area contributed by atoms with Crippen molar-refractivity contribution in [2.24, 2.45) is 0 Å². The van der Waals surface area contributed by atoms with Crippen LogP contribution in [0.4, 0.5) is 0 Å². The van der Waals surface area contributed by atoms with Crippen molar-refractivity contribution >= 4 is 26.6 Å². The molecule has 0 aliphatic heterocycles. The molecule has 1 aromatic heterocycles. The van der Waals surface area contributed by atoms with Gasteiger partial charge in [0.2, 0.25) is 0 Å². The van der Waals surface area contributed by atoms with Gasteiger partial charge in [-0.05, 0) is 12.1 Å². The monoisotopic (exact) mass is 296 g/mol. The molecule has 0 saturated heterocycles. The average Bonchev–Trinajstić information content (AvgIpc) is 2.59. The summed E-state index contributed by atoms with van der Waals surface area (Å²) in [6, 6.07) is 9.90. The minimum Gasteiger partial charge on any atom is -0.464 e. The highest BCUT2D eigenvalue weighted by molar-refractivity contribution is 7.60. The van der Waals surface area contributed by atoms with E-state index in [1.54, 1.807) is 6.26 Å². The molecule has 1 aromatic carbocycles. The van der Waals surface area contributed by atoms with E-state index in [1.807, 2.05) is 30.3 Å². The van der Waals surface area contributed by atoms with Crippen molar-refractivity contribution in [3.05, 3.63) is 36.6 Å². The van der Waals surface area contributed by atoms with Gasteiger partial charge in [0.1, 0.15) is 5.58 Å². The Labute approximate surface area is 101 Å². The number of para-hydroxylation sites is 1. The maximum Gasteiger partial charge on any atom is 0.478 e. The maximum atomic E-state index is 9.63. The predicted molar refractivity (Wildman–Crippen MR) is 61.4 cm³/mol. The van der Waals surface area contributed by atoms with E-state index < -0.39 is 15.6 Å². The molecule has 0 fully saturated rings. The van der Waals surface area contributed by atoms with E-state index in [4.69, 9.17) is 24.0 Å². The second-order valence-corrected chi connectivity index (χ2v) is 5.64. The molecular weight excluding hydrogens is 286 g/mol. The molecule has 0 aliphatic carbocycles. The summed E-state index contributed by atoms with van der Waals surface area (Å²) in [5.74, 6) is 0. The van der Waals surface area contributed by atoms with Crippen molar-refractivity contribution in [1.29, 1.82) is 0 Å². The summed E-state index contributed by atoms with van der Waals surface area (Å²) in [5.41, 5.74) is 0.956. The van der Waals surface area contributed by atoms with E-state index in [0.29, 0.717) is 0 Å². The third kappa shape index (κ3) is 6.09. The van der Waals surface area contributed by atoms with Gasteiger partial charge in [-0.25, -0.2) is 9.13 Å². The Balaban J connectivity index is 0.000000180. The smallest absolute Gasteiger partial charge is 0.464 e.